The first-order valence-corrected chi connectivity index (χ1v) is 22.5. The molecule has 0 saturated carbocycles. The number of likely N-dealkylation sites (tertiary alicyclic amines) is 2. The van der Waals surface area contributed by atoms with Crippen LogP contribution < -0.4 is 5.32 Å². The number of methoxy groups -OCH3 is 2. The fourth-order valence-corrected chi connectivity index (χ4v) is 11.1. The van der Waals surface area contributed by atoms with Gasteiger partial charge in [0.1, 0.15) is 6.04 Å². The lowest BCUT2D eigenvalue weighted by atomic mass is 9.81. The van der Waals surface area contributed by atoms with Crippen LogP contribution in [0.2, 0.25) is 0 Å². The van der Waals surface area contributed by atoms with Gasteiger partial charge < -0.3 is 24.6 Å². The molecule has 0 aliphatic carbocycles. The Morgan fingerprint density at radius 2 is 1.32 bits per heavy atom. The number of rotatable bonds is 10. The lowest BCUT2D eigenvalue weighted by Crippen LogP contribution is -2.54. The van der Waals surface area contributed by atoms with Gasteiger partial charge in [0.2, 0.25) is 11.8 Å². The summed E-state index contributed by atoms with van der Waals surface area (Å²) in [5.41, 5.74) is 14.3. The molecule has 3 saturated heterocycles. The fraction of sp³-hybridized carbons (Fsp3) is 0.480. The third-order valence-electron chi connectivity index (χ3n) is 14.4. The first-order chi connectivity index (χ1) is 30.0. The summed E-state index contributed by atoms with van der Waals surface area (Å²) in [7, 11) is 4.93. The molecule has 62 heavy (non-hydrogen) atoms. The van der Waals surface area contributed by atoms with E-state index in [9.17, 15) is 19.2 Å². The van der Waals surface area contributed by atoms with Gasteiger partial charge in [-0.1, -0.05) is 49.4 Å². The molecule has 2 bridgehead atoms. The molecule has 12 nitrogen and oxygen atoms in total. The van der Waals surface area contributed by atoms with Crippen LogP contribution in [0, 0.1) is 5.92 Å². The van der Waals surface area contributed by atoms with E-state index in [0.29, 0.717) is 38.0 Å². The third kappa shape index (κ3) is 7.64. The predicted octanol–water partition coefficient (Wildman–Crippen LogP) is 8.36. The Bertz CT molecular complexity index is 2390. The minimum atomic E-state index is -0.683. The van der Waals surface area contributed by atoms with Crippen LogP contribution >= 0.6 is 0 Å². The second-order valence-corrected chi connectivity index (χ2v) is 18.0. The van der Waals surface area contributed by atoms with Gasteiger partial charge in [0.15, 0.2) is 0 Å². The summed E-state index contributed by atoms with van der Waals surface area (Å²) in [6, 6.07) is 20.1. The molecule has 2 unspecified atom stereocenters. The number of aliphatic imine (C=N–C) groups is 2. The van der Waals surface area contributed by atoms with Crippen molar-refractivity contribution in [3.8, 4) is 22.3 Å². The van der Waals surface area contributed by atoms with Crippen LogP contribution in [0.1, 0.15) is 112 Å². The highest BCUT2D eigenvalue weighted by Gasteiger charge is 2.45. The van der Waals surface area contributed by atoms with Crippen LogP contribution in [0.25, 0.3) is 27.8 Å². The number of piperidine rings is 2. The highest BCUT2D eigenvalue weighted by Crippen LogP contribution is 2.57. The average molecular weight is 839 g/mol. The number of allylic oxidation sites excluding steroid dienone is 1. The highest BCUT2D eigenvalue weighted by molar-refractivity contribution is 6.04. The molecule has 0 radical (unpaired) electrons. The molecule has 12 heteroatoms. The summed E-state index contributed by atoms with van der Waals surface area (Å²) >= 11 is 0. The van der Waals surface area contributed by atoms with E-state index in [2.05, 4.69) is 71.9 Å². The number of benzene rings is 3. The lowest BCUT2D eigenvalue weighted by Gasteiger charge is -2.37. The van der Waals surface area contributed by atoms with Crippen LogP contribution in [0.4, 0.5) is 10.5 Å². The van der Waals surface area contributed by atoms with Gasteiger partial charge in [-0.15, -0.1) is 0 Å². The van der Waals surface area contributed by atoms with Crippen LogP contribution in [0.3, 0.4) is 0 Å². The molecule has 0 spiro atoms. The van der Waals surface area contributed by atoms with Gasteiger partial charge in [0.05, 0.1) is 38.4 Å². The molecule has 324 valence electrons. The highest BCUT2D eigenvalue weighted by atomic mass is 16.5. The monoisotopic (exact) mass is 838 g/mol. The molecule has 6 aliphatic rings. The predicted molar refractivity (Wildman–Crippen MR) is 240 cm³/mol. The second kappa shape index (κ2) is 17.3. The van der Waals surface area contributed by atoms with Crippen molar-refractivity contribution in [2.45, 2.75) is 115 Å². The van der Waals surface area contributed by atoms with Crippen molar-refractivity contribution in [3.63, 3.8) is 0 Å². The zero-order valence-corrected chi connectivity index (χ0v) is 36.6. The van der Waals surface area contributed by atoms with E-state index in [0.717, 1.165) is 79.6 Å². The van der Waals surface area contributed by atoms with Crippen LogP contribution in [-0.4, -0.2) is 102 Å². The van der Waals surface area contributed by atoms with Crippen molar-refractivity contribution in [2.24, 2.45) is 15.9 Å². The normalized spacial score (nSPS) is 23.8. The van der Waals surface area contributed by atoms with E-state index in [1.54, 1.807) is 6.92 Å². The summed E-state index contributed by atoms with van der Waals surface area (Å²) < 4.78 is 9.58. The number of nitrogens with zero attached hydrogens (tertiary/aromatic N) is 5. The van der Waals surface area contributed by atoms with Crippen molar-refractivity contribution in [2.75, 3.05) is 34.4 Å². The molecule has 0 aromatic heterocycles. The number of nitrogens with one attached hydrogen (secondary N) is 1. The maximum absolute atomic E-state index is 13.5. The van der Waals surface area contributed by atoms with Crippen molar-refractivity contribution < 1.29 is 28.7 Å². The Morgan fingerprint density at radius 1 is 0.710 bits per heavy atom. The van der Waals surface area contributed by atoms with Crippen molar-refractivity contribution in [1.82, 2.24) is 20.0 Å². The van der Waals surface area contributed by atoms with Gasteiger partial charge in [-0.05, 0) is 128 Å². The topological polar surface area (TPSA) is 133 Å². The molecule has 3 aromatic rings. The number of esters is 1. The van der Waals surface area contributed by atoms with Crippen molar-refractivity contribution >= 4 is 46.6 Å². The third-order valence-corrected chi connectivity index (χ3v) is 14.4. The van der Waals surface area contributed by atoms with E-state index in [-0.39, 0.29) is 36.3 Å². The largest absolute Gasteiger partial charge is 0.469 e. The standard InChI is InChI=1S/C50H58N6O6/c1-29(24-45(57)61-4)48(58)55-22-8-6-10-41(55)39-27-35(28-51-39)31-12-14-32(15-13-31)36-17-18-37(47-44-21-20-43(46(36)47)54(44)3)33-16-19-38-34(25-33)26-40(53-38)42-11-7-9-23-56(42)49(59)30(2)52-50(60)62-5/h12-19,25,28-30,41-44H,6-11,20-24,26-27H2,1-5H3,(H,52,60)/t29-,30+,41+,42+,43?,44?/m1/s1. The summed E-state index contributed by atoms with van der Waals surface area (Å²) in [4.78, 5) is 67.3. The number of fused-ring (bicyclic) bond motifs is 6. The zero-order chi connectivity index (χ0) is 43.2. The number of ether oxygens (including phenoxy) is 2. The molecule has 3 aromatic carbocycles. The Kier molecular flexibility index (Phi) is 11.6. The summed E-state index contributed by atoms with van der Waals surface area (Å²) in [6.45, 7) is 4.85. The molecule has 9 rings (SSSR count). The van der Waals surface area contributed by atoms with Crippen LogP contribution in [0.15, 0.2) is 70.8 Å². The van der Waals surface area contributed by atoms with Crippen LogP contribution in [-0.2, 0) is 30.3 Å². The van der Waals surface area contributed by atoms with E-state index in [1.165, 1.54) is 53.2 Å². The Balaban J connectivity index is 0.918. The number of carbonyl (C=O) groups excluding carboxylic acids is 4. The number of alkyl carbamates (subject to hydrolysis) is 1. The van der Waals surface area contributed by atoms with Crippen LogP contribution in [0.5, 0.6) is 0 Å². The summed E-state index contributed by atoms with van der Waals surface area (Å²) in [5, 5.41) is 2.65. The molecule has 1 N–H and O–H groups in total. The van der Waals surface area contributed by atoms with Gasteiger partial charge in [-0.25, -0.2) is 4.79 Å². The fourth-order valence-electron chi connectivity index (χ4n) is 11.1. The first-order valence-electron chi connectivity index (χ1n) is 22.5. The van der Waals surface area contributed by atoms with Gasteiger partial charge in [0.25, 0.3) is 0 Å². The second-order valence-electron chi connectivity index (χ2n) is 18.0. The molecular formula is C50H58N6O6. The van der Waals surface area contributed by atoms with Crippen molar-refractivity contribution in [3.05, 3.63) is 83.1 Å². The van der Waals surface area contributed by atoms with E-state index in [1.807, 2.05) is 22.9 Å². The van der Waals surface area contributed by atoms with Gasteiger partial charge in [-0.2, -0.15) is 0 Å². The van der Waals surface area contributed by atoms with E-state index in [4.69, 9.17) is 19.5 Å². The SMILES string of the molecule is COC(=O)C[C@@H](C)C(=O)N1CCCC[C@H]1C1=NC=C(c2ccc(-c3ccc(-c4ccc5c(c4)CC([C@@H]4CCCCN4C(=O)[C@H](C)NC(=O)OC)=N5)c4c3C3CCC4N3C)cc2)C1. The van der Waals surface area contributed by atoms with Gasteiger partial charge in [0, 0.05) is 61.6 Å². The minimum absolute atomic E-state index is 0.00285. The van der Waals surface area contributed by atoms with Gasteiger partial charge in [-0.3, -0.25) is 29.3 Å². The van der Waals surface area contributed by atoms with E-state index < -0.39 is 18.1 Å². The number of amides is 3. The quantitative estimate of drug-likeness (QED) is 0.203. The molecule has 6 aliphatic heterocycles. The Hall–Kier alpha value is -5.62. The summed E-state index contributed by atoms with van der Waals surface area (Å²) in [5.74, 6) is -0.905. The zero-order valence-electron chi connectivity index (χ0n) is 36.6. The Labute approximate surface area is 364 Å². The van der Waals surface area contributed by atoms with E-state index >= 15 is 0 Å². The minimum Gasteiger partial charge on any atom is -0.469 e. The number of hydrogen-bond acceptors (Lipinski definition) is 9. The molecule has 3 amide bonds. The summed E-state index contributed by atoms with van der Waals surface area (Å²) in [6.07, 6.45) is 10.8. The van der Waals surface area contributed by atoms with Gasteiger partial charge >= 0.3 is 12.1 Å². The molecular weight excluding hydrogens is 781 g/mol. The first kappa shape index (κ1) is 41.7. The van der Waals surface area contributed by atoms with Crippen molar-refractivity contribution in [1.29, 1.82) is 0 Å². The Morgan fingerprint density at radius 3 is 1.98 bits per heavy atom. The molecule has 3 fully saturated rings. The maximum atomic E-state index is 13.5. The maximum Gasteiger partial charge on any atom is 0.407 e. The average Bonchev–Trinajstić information content (AvgIpc) is 4.11. The molecule has 6 heterocycles. The number of hydrogen-bond donors (Lipinski definition) is 1. The molecule has 6 atom stereocenters. The number of carbonyl (C=O) groups is 4. The lowest BCUT2D eigenvalue weighted by molar-refractivity contribution is -0.147. The smallest absolute Gasteiger partial charge is 0.407 e.